The molecule has 1 atom stereocenters. The maximum Gasteiger partial charge on any atom is 0.135 e. The Morgan fingerprint density at radius 2 is 1.96 bits per heavy atom. The number of nitrogens with one attached hydrogen (secondary N) is 2. The van der Waals surface area contributed by atoms with Crippen LogP contribution in [-0.4, -0.2) is 27.2 Å². The molecule has 1 aliphatic rings. The van der Waals surface area contributed by atoms with Gasteiger partial charge in [-0.1, -0.05) is 48.5 Å². The first-order chi connectivity index (χ1) is 13.4. The van der Waals surface area contributed by atoms with E-state index in [0.717, 1.165) is 31.2 Å². The number of hydrogen-bond acceptors (Lipinski definition) is 3. The van der Waals surface area contributed by atoms with Gasteiger partial charge in [-0.25, -0.2) is 4.98 Å². The van der Waals surface area contributed by atoms with Gasteiger partial charge in [-0.15, -0.1) is 0 Å². The second kappa shape index (κ2) is 7.02. The number of imidazole rings is 1. The van der Waals surface area contributed by atoms with Crippen molar-refractivity contribution in [2.75, 3.05) is 6.54 Å². The molecule has 0 bridgehead atoms. The van der Waals surface area contributed by atoms with Gasteiger partial charge in [0.05, 0.1) is 24.5 Å². The number of aromatic amines is 1. The summed E-state index contributed by atoms with van der Waals surface area (Å²) in [6, 6.07) is 18.8. The smallest absolute Gasteiger partial charge is 0.135 e. The molecule has 5 heteroatoms. The largest absolute Gasteiger partial charge is 0.367 e. The van der Waals surface area contributed by atoms with Crippen molar-refractivity contribution >= 4 is 10.9 Å². The summed E-state index contributed by atoms with van der Waals surface area (Å²) in [6.07, 6.45) is 4.18. The normalized spacial score (nSPS) is 16.5. The van der Waals surface area contributed by atoms with Gasteiger partial charge in [0.2, 0.25) is 0 Å². The number of rotatable bonds is 5. The minimum Gasteiger partial charge on any atom is -0.367 e. The van der Waals surface area contributed by atoms with Gasteiger partial charge >= 0.3 is 0 Å². The van der Waals surface area contributed by atoms with Crippen LogP contribution in [0.2, 0.25) is 0 Å². The number of fused-ring (bicyclic) bond motifs is 2. The molecule has 0 saturated carbocycles. The summed E-state index contributed by atoms with van der Waals surface area (Å²) >= 11 is 0. The van der Waals surface area contributed by atoms with Crippen LogP contribution >= 0.6 is 0 Å². The molecular weight excluding hydrogens is 336 g/mol. The minimum atomic E-state index is 0.138. The van der Waals surface area contributed by atoms with Crippen molar-refractivity contribution in [3.8, 4) is 11.3 Å². The molecule has 4 aromatic rings. The number of para-hydroxylation sites is 1. The molecule has 0 radical (unpaired) electrons. The third kappa shape index (κ3) is 3.16. The zero-order chi connectivity index (χ0) is 18.1. The van der Waals surface area contributed by atoms with E-state index < -0.39 is 0 Å². The molecule has 27 heavy (non-hydrogen) atoms. The Labute approximate surface area is 158 Å². The summed E-state index contributed by atoms with van der Waals surface area (Å²) in [6.45, 7) is 3.02. The van der Waals surface area contributed by atoms with E-state index in [1.165, 1.54) is 22.0 Å². The topological polar surface area (TPSA) is 54.9 Å². The van der Waals surface area contributed by atoms with E-state index in [1.54, 1.807) is 0 Å². The molecule has 1 aliphatic heterocycles. The van der Waals surface area contributed by atoms with Crippen LogP contribution in [0.15, 0.2) is 67.0 Å². The third-order valence-electron chi connectivity index (χ3n) is 5.20. The summed E-state index contributed by atoms with van der Waals surface area (Å²) in [4.78, 5) is 7.86. The standard InChI is InChI=1S/C22H22N4O/c1-2-6-16(7-3-1)21-13-25-22-15-27-18(14-26(21)22)12-23-10-17-11-24-20-9-5-4-8-19(17)20/h1-9,11,13,18,23-24H,10,12,14-15H2/t18-/m0/s1. The average Bonchev–Trinajstić information content (AvgIpc) is 3.33. The minimum absolute atomic E-state index is 0.138. The number of ether oxygens (including phenoxy) is 1. The van der Waals surface area contributed by atoms with E-state index in [0.29, 0.717) is 6.61 Å². The highest BCUT2D eigenvalue weighted by molar-refractivity contribution is 5.82. The van der Waals surface area contributed by atoms with E-state index in [1.807, 2.05) is 12.3 Å². The average molecular weight is 358 g/mol. The van der Waals surface area contributed by atoms with Crippen LogP contribution < -0.4 is 5.32 Å². The predicted molar refractivity (Wildman–Crippen MR) is 106 cm³/mol. The third-order valence-corrected chi connectivity index (χ3v) is 5.20. The number of benzene rings is 2. The van der Waals surface area contributed by atoms with Gasteiger partial charge < -0.3 is 19.6 Å². The Morgan fingerprint density at radius 1 is 1.11 bits per heavy atom. The van der Waals surface area contributed by atoms with Crippen LogP contribution in [0.4, 0.5) is 0 Å². The summed E-state index contributed by atoms with van der Waals surface area (Å²) in [5.41, 5.74) is 4.83. The highest BCUT2D eigenvalue weighted by atomic mass is 16.5. The summed E-state index contributed by atoms with van der Waals surface area (Å²) in [7, 11) is 0. The maximum absolute atomic E-state index is 6.01. The van der Waals surface area contributed by atoms with Crippen LogP contribution in [0.5, 0.6) is 0 Å². The molecule has 0 aliphatic carbocycles. The fraction of sp³-hybridized carbons (Fsp3) is 0.227. The van der Waals surface area contributed by atoms with E-state index in [9.17, 15) is 0 Å². The quantitative estimate of drug-likeness (QED) is 0.572. The molecule has 2 N–H and O–H groups in total. The van der Waals surface area contributed by atoms with Gasteiger partial charge in [0.25, 0.3) is 0 Å². The lowest BCUT2D eigenvalue weighted by atomic mass is 10.1. The van der Waals surface area contributed by atoms with Crippen molar-refractivity contribution in [3.05, 3.63) is 78.4 Å². The van der Waals surface area contributed by atoms with Gasteiger partial charge in [0, 0.05) is 30.2 Å². The van der Waals surface area contributed by atoms with Crippen LogP contribution in [-0.2, 0) is 24.4 Å². The lowest BCUT2D eigenvalue weighted by Crippen LogP contribution is -2.36. The fourth-order valence-corrected chi connectivity index (χ4v) is 3.79. The van der Waals surface area contributed by atoms with Crippen LogP contribution in [0.1, 0.15) is 11.4 Å². The zero-order valence-corrected chi connectivity index (χ0v) is 15.1. The second-order valence-electron chi connectivity index (χ2n) is 6.96. The fourth-order valence-electron chi connectivity index (χ4n) is 3.79. The van der Waals surface area contributed by atoms with Crippen LogP contribution in [0.25, 0.3) is 22.2 Å². The molecule has 0 amide bonds. The molecule has 2 aromatic heterocycles. The van der Waals surface area contributed by atoms with Gasteiger partial charge in [-0.05, 0) is 17.2 Å². The number of H-pyrrole nitrogens is 1. The first-order valence-electron chi connectivity index (χ1n) is 9.35. The molecule has 5 rings (SSSR count). The van der Waals surface area contributed by atoms with Gasteiger partial charge in [-0.3, -0.25) is 0 Å². The van der Waals surface area contributed by atoms with Crippen LogP contribution in [0, 0.1) is 0 Å². The summed E-state index contributed by atoms with van der Waals surface area (Å²) < 4.78 is 8.30. The zero-order valence-electron chi connectivity index (χ0n) is 15.1. The van der Waals surface area contributed by atoms with Gasteiger partial charge in [0.1, 0.15) is 12.4 Å². The first kappa shape index (κ1) is 16.3. The molecule has 0 fully saturated rings. The highest BCUT2D eigenvalue weighted by Crippen LogP contribution is 2.24. The van der Waals surface area contributed by atoms with E-state index in [4.69, 9.17) is 4.74 Å². The van der Waals surface area contributed by atoms with Crippen molar-refractivity contribution in [1.29, 1.82) is 0 Å². The van der Waals surface area contributed by atoms with Crippen molar-refractivity contribution in [1.82, 2.24) is 19.9 Å². The monoisotopic (exact) mass is 358 g/mol. The Kier molecular flexibility index (Phi) is 4.24. The number of aromatic nitrogens is 3. The molecule has 0 unspecified atom stereocenters. The first-order valence-corrected chi connectivity index (χ1v) is 9.35. The van der Waals surface area contributed by atoms with Gasteiger partial charge in [-0.2, -0.15) is 0 Å². The summed E-state index contributed by atoms with van der Waals surface area (Å²) in [5, 5.41) is 4.83. The van der Waals surface area contributed by atoms with Crippen molar-refractivity contribution in [2.45, 2.75) is 25.8 Å². The van der Waals surface area contributed by atoms with Crippen molar-refractivity contribution < 1.29 is 4.74 Å². The lowest BCUT2D eigenvalue weighted by Gasteiger charge is -2.26. The predicted octanol–water partition coefficient (Wildman–Crippen LogP) is 3.72. The number of nitrogens with zero attached hydrogens (tertiary/aromatic N) is 2. The van der Waals surface area contributed by atoms with Crippen LogP contribution in [0.3, 0.4) is 0 Å². The SMILES string of the molecule is c1ccc(-c2cnc3n2C[C@H](CNCc2c[nH]c4ccccc24)OC3)cc1. The summed E-state index contributed by atoms with van der Waals surface area (Å²) in [5.74, 6) is 1.00. The van der Waals surface area contributed by atoms with E-state index in [2.05, 4.69) is 74.6 Å². The molecule has 0 saturated heterocycles. The molecule has 136 valence electrons. The molecular formula is C22H22N4O. The Bertz CT molecular complexity index is 1050. The lowest BCUT2D eigenvalue weighted by molar-refractivity contribution is 0.00327. The molecule has 3 heterocycles. The van der Waals surface area contributed by atoms with Crippen molar-refractivity contribution in [2.24, 2.45) is 0 Å². The van der Waals surface area contributed by atoms with Crippen molar-refractivity contribution in [3.63, 3.8) is 0 Å². The van der Waals surface area contributed by atoms with E-state index >= 15 is 0 Å². The Balaban J connectivity index is 1.26. The molecule has 0 spiro atoms. The second-order valence-corrected chi connectivity index (χ2v) is 6.96. The Morgan fingerprint density at radius 3 is 2.89 bits per heavy atom. The Hall–Kier alpha value is -2.89. The van der Waals surface area contributed by atoms with E-state index in [-0.39, 0.29) is 6.10 Å². The van der Waals surface area contributed by atoms with Gasteiger partial charge in [0.15, 0.2) is 0 Å². The maximum atomic E-state index is 6.01. The molecule has 2 aromatic carbocycles. The number of hydrogen-bond donors (Lipinski definition) is 2. The molecule has 5 nitrogen and oxygen atoms in total. The highest BCUT2D eigenvalue weighted by Gasteiger charge is 2.22.